The van der Waals surface area contributed by atoms with E-state index in [-0.39, 0.29) is 30.6 Å². The predicted octanol–water partition coefficient (Wildman–Crippen LogP) is 3.26. The maximum atomic E-state index is 12.0. The number of hydrogen-bond donors (Lipinski definition) is 2. The van der Waals surface area contributed by atoms with Crippen LogP contribution >= 0.6 is 0 Å². The number of nitrogens with one attached hydrogen (secondary N) is 2. The Morgan fingerprint density at radius 2 is 1.48 bits per heavy atom. The van der Waals surface area contributed by atoms with Gasteiger partial charge < -0.3 is 15.4 Å². The summed E-state index contributed by atoms with van der Waals surface area (Å²) in [6, 6.07) is 17.4. The van der Waals surface area contributed by atoms with Gasteiger partial charge in [-0.1, -0.05) is 42.5 Å². The highest BCUT2D eigenvalue weighted by Gasteiger charge is 2.09. The van der Waals surface area contributed by atoms with E-state index in [1.807, 2.05) is 42.5 Å². The zero-order valence-corrected chi connectivity index (χ0v) is 16.8. The number of esters is 1. The van der Waals surface area contributed by atoms with E-state index in [9.17, 15) is 14.4 Å². The zero-order chi connectivity index (χ0) is 20.9. The fraction of sp³-hybridized carbons (Fsp3) is 0.348. The summed E-state index contributed by atoms with van der Waals surface area (Å²) in [6.45, 7) is 0.354. The first-order valence-electron chi connectivity index (χ1n) is 9.85. The van der Waals surface area contributed by atoms with Crippen molar-refractivity contribution in [3.05, 3.63) is 65.7 Å². The average Bonchev–Trinajstić information content (AvgIpc) is 2.75. The van der Waals surface area contributed by atoms with E-state index in [0.29, 0.717) is 25.1 Å². The van der Waals surface area contributed by atoms with E-state index in [1.165, 1.54) is 5.56 Å². The Morgan fingerprint density at radius 1 is 0.793 bits per heavy atom. The van der Waals surface area contributed by atoms with Crippen molar-refractivity contribution >= 4 is 23.5 Å². The number of rotatable bonds is 11. The van der Waals surface area contributed by atoms with Gasteiger partial charge in [0.2, 0.25) is 11.8 Å². The number of ether oxygens (including phenoxy) is 1. The van der Waals surface area contributed by atoms with Gasteiger partial charge in [0.05, 0.1) is 13.0 Å². The standard InChI is InChI=1S/C23H28N2O4/c1-24-21(26)14-11-19-9-12-20(13-10-19)25-22(27)15-16-23(28)29-17-5-8-18-6-3-2-4-7-18/h2-4,6-7,9-10,12-13H,5,8,11,14-17H2,1H3,(H,24,26)(H,25,27). The highest BCUT2D eigenvalue weighted by atomic mass is 16.5. The maximum absolute atomic E-state index is 12.0. The molecule has 2 amide bonds. The molecule has 0 aliphatic rings. The fourth-order valence-corrected chi connectivity index (χ4v) is 2.76. The summed E-state index contributed by atoms with van der Waals surface area (Å²) in [5.74, 6) is -0.601. The molecule has 0 bridgehead atoms. The first-order valence-corrected chi connectivity index (χ1v) is 9.85. The Morgan fingerprint density at radius 3 is 2.17 bits per heavy atom. The van der Waals surface area contributed by atoms with E-state index in [4.69, 9.17) is 4.74 Å². The number of carbonyl (C=O) groups excluding carboxylic acids is 3. The number of aryl methyl sites for hydroxylation is 2. The summed E-state index contributed by atoms with van der Waals surface area (Å²) in [7, 11) is 1.61. The smallest absolute Gasteiger partial charge is 0.306 e. The largest absolute Gasteiger partial charge is 0.466 e. The molecule has 0 aliphatic carbocycles. The van der Waals surface area contributed by atoms with Gasteiger partial charge in [-0.3, -0.25) is 14.4 Å². The van der Waals surface area contributed by atoms with Gasteiger partial charge in [-0.15, -0.1) is 0 Å². The molecule has 6 heteroatoms. The van der Waals surface area contributed by atoms with Gasteiger partial charge in [-0.25, -0.2) is 0 Å². The zero-order valence-electron chi connectivity index (χ0n) is 16.8. The normalized spacial score (nSPS) is 10.2. The molecule has 2 rings (SSSR count). The van der Waals surface area contributed by atoms with Crippen molar-refractivity contribution in [2.45, 2.75) is 38.5 Å². The molecule has 2 aromatic carbocycles. The third-order valence-electron chi connectivity index (χ3n) is 4.43. The van der Waals surface area contributed by atoms with Crippen molar-refractivity contribution in [1.29, 1.82) is 0 Å². The molecule has 6 nitrogen and oxygen atoms in total. The molecule has 29 heavy (non-hydrogen) atoms. The topological polar surface area (TPSA) is 84.5 Å². The van der Waals surface area contributed by atoms with Crippen LogP contribution in [0.15, 0.2) is 54.6 Å². The van der Waals surface area contributed by atoms with Crippen LogP contribution in [0, 0.1) is 0 Å². The lowest BCUT2D eigenvalue weighted by Gasteiger charge is -2.07. The SMILES string of the molecule is CNC(=O)CCc1ccc(NC(=O)CCC(=O)OCCCc2ccccc2)cc1. The summed E-state index contributed by atoms with van der Waals surface area (Å²) < 4.78 is 5.18. The van der Waals surface area contributed by atoms with Crippen LogP contribution in [-0.4, -0.2) is 31.4 Å². The number of anilines is 1. The molecular weight excluding hydrogens is 368 g/mol. The summed E-state index contributed by atoms with van der Waals surface area (Å²) in [6.07, 6.45) is 2.82. The van der Waals surface area contributed by atoms with Gasteiger partial charge in [0.1, 0.15) is 0 Å². The van der Waals surface area contributed by atoms with E-state index in [1.54, 1.807) is 19.2 Å². The van der Waals surface area contributed by atoms with Crippen LogP contribution in [0.3, 0.4) is 0 Å². The molecule has 0 saturated heterocycles. The van der Waals surface area contributed by atoms with E-state index >= 15 is 0 Å². The van der Waals surface area contributed by atoms with Gasteiger partial charge in [0, 0.05) is 25.6 Å². The predicted molar refractivity (Wildman–Crippen MR) is 112 cm³/mol. The number of amides is 2. The summed E-state index contributed by atoms with van der Waals surface area (Å²) in [4.78, 5) is 35.0. The van der Waals surface area contributed by atoms with Gasteiger partial charge in [0.15, 0.2) is 0 Å². The van der Waals surface area contributed by atoms with E-state index in [2.05, 4.69) is 10.6 Å². The maximum Gasteiger partial charge on any atom is 0.306 e. The number of carbonyl (C=O) groups is 3. The lowest BCUT2D eigenvalue weighted by Crippen LogP contribution is -2.18. The third kappa shape index (κ3) is 9.06. The van der Waals surface area contributed by atoms with Crippen LogP contribution in [-0.2, 0) is 32.0 Å². The second kappa shape index (κ2) is 12.3. The van der Waals surface area contributed by atoms with Crippen molar-refractivity contribution in [3.8, 4) is 0 Å². The van der Waals surface area contributed by atoms with E-state index in [0.717, 1.165) is 18.4 Å². The molecule has 0 heterocycles. The molecule has 154 valence electrons. The van der Waals surface area contributed by atoms with Gasteiger partial charge in [0.25, 0.3) is 0 Å². The van der Waals surface area contributed by atoms with Gasteiger partial charge >= 0.3 is 5.97 Å². The van der Waals surface area contributed by atoms with Crippen molar-refractivity contribution in [1.82, 2.24) is 5.32 Å². The monoisotopic (exact) mass is 396 g/mol. The molecule has 0 spiro atoms. The van der Waals surface area contributed by atoms with Crippen molar-refractivity contribution in [2.24, 2.45) is 0 Å². The van der Waals surface area contributed by atoms with Crippen molar-refractivity contribution in [3.63, 3.8) is 0 Å². The highest BCUT2D eigenvalue weighted by molar-refractivity contribution is 5.92. The first-order chi connectivity index (χ1) is 14.1. The van der Waals surface area contributed by atoms with Crippen LogP contribution in [0.4, 0.5) is 5.69 Å². The highest BCUT2D eigenvalue weighted by Crippen LogP contribution is 2.12. The molecular formula is C23H28N2O4. The van der Waals surface area contributed by atoms with Gasteiger partial charge in [-0.05, 0) is 42.5 Å². The molecule has 0 aromatic heterocycles. The minimum Gasteiger partial charge on any atom is -0.466 e. The van der Waals surface area contributed by atoms with Crippen LogP contribution in [0.1, 0.15) is 36.8 Å². The van der Waals surface area contributed by atoms with Gasteiger partial charge in [-0.2, -0.15) is 0 Å². The molecule has 2 N–H and O–H groups in total. The lowest BCUT2D eigenvalue weighted by molar-refractivity contribution is -0.144. The van der Waals surface area contributed by atoms with Crippen molar-refractivity contribution in [2.75, 3.05) is 19.0 Å². The van der Waals surface area contributed by atoms with Crippen LogP contribution in [0.25, 0.3) is 0 Å². The Labute approximate surface area is 171 Å². The molecule has 0 atom stereocenters. The minimum absolute atomic E-state index is 0.00525. The third-order valence-corrected chi connectivity index (χ3v) is 4.43. The molecule has 0 aliphatic heterocycles. The quantitative estimate of drug-likeness (QED) is 0.451. The second-order valence-electron chi connectivity index (χ2n) is 6.73. The molecule has 0 saturated carbocycles. The summed E-state index contributed by atoms with van der Waals surface area (Å²) >= 11 is 0. The van der Waals surface area contributed by atoms with E-state index < -0.39 is 0 Å². The lowest BCUT2D eigenvalue weighted by atomic mass is 10.1. The molecule has 2 aromatic rings. The summed E-state index contributed by atoms with van der Waals surface area (Å²) in [5.41, 5.74) is 2.89. The van der Waals surface area contributed by atoms with Crippen molar-refractivity contribution < 1.29 is 19.1 Å². The van der Waals surface area contributed by atoms with Crippen LogP contribution < -0.4 is 10.6 Å². The number of benzene rings is 2. The fourth-order valence-electron chi connectivity index (χ4n) is 2.76. The Hall–Kier alpha value is -3.15. The first kappa shape index (κ1) is 22.1. The molecule has 0 radical (unpaired) electrons. The Bertz CT molecular complexity index is 788. The van der Waals surface area contributed by atoms with Crippen LogP contribution in [0.2, 0.25) is 0 Å². The average molecular weight is 396 g/mol. The minimum atomic E-state index is -0.363. The Balaban J connectivity index is 1.60. The number of hydrogen-bond acceptors (Lipinski definition) is 4. The second-order valence-corrected chi connectivity index (χ2v) is 6.73. The van der Waals surface area contributed by atoms with Crippen LogP contribution in [0.5, 0.6) is 0 Å². The molecule has 0 fully saturated rings. The Kier molecular flexibility index (Phi) is 9.42. The molecule has 0 unspecified atom stereocenters. The summed E-state index contributed by atoms with van der Waals surface area (Å²) in [5, 5.41) is 5.35.